The molecule has 13 heteroatoms. The molecule has 0 radical (unpaired) electrons. The Kier molecular flexibility index (Phi) is 9.53. The number of fused-ring (bicyclic) bond motifs is 1. The van der Waals surface area contributed by atoms with Crippen molar-refractivity contribution >= 4 is 23.8 Å². The molecule has 0 aliphatic carbocycles. The maximum absolute atomic E-state index is 13.3. The van der Waals surface area contributed by atoms with Crippen LogP contribution in [0, 0.1) is 11.8 Å². The molecule has 1 spiro atoms. The Morgan fingerprint density at radius 2 is 1.97 bits per heavy atom. The van der Waals surface area contributed by atoms with Crippen molar-refractivity contribution in [2.45, 2.75) is 44.9 Å². The third-order valence-corrected chi connectivity index (χ3v) is 5.86. The summed E-state index contributed by atoms with van der Waals surface area (Å²) in [6, 6.07) is 0. The predicted octanol–water partition coefficient (Wildman–Crippen LogP) is -1.12. The van der Waals surface area contributed by atoms with E-state index in [-0.39, 0.29) is 37.6 Å². The minimum atomic E-state index is -0.833. The number of carboxylic acid groups (broad SMARTS) is 2. The van der Waals surface area contributed by atoms with Crippen LogP contribution in [0.3, 0.4) is 0 Å². The number of carbonyl (C=O) groups is 4. The minimum absolute atomic E-state index is 0.0297. The first-order valence-electron chi connectivity index (χ1n) is 11.0. The Morgan fingerprint density at radius 3 is 2.50 bits per heavy atom. The van der Waals surface area contributed by atoms with E-state index in [1.165, 1.54) is 0 Å². The summed E-state index contributed by atoms with van der Waals surface area (Å²) in [5, 5.41) is 24.2. The topological polar surface area (TPSA) is 199 Å². The van der Waals surface area contributed by atoms with E-state index in [0.29, 0.717) is 25.5 Å². The maximum atomic E-state index is 13.3. The molecule has 3 aliphatic heterocycles. The third-order valence-electron chi connectivity index (χ3n) is 5.86. The number of amides is 2. The highest BCUT2D eigenvalue weighted by atomic mass is 16.5. The molecule has 0 aromatic carbocycles. The number of H-pyrrole nitrogens is 1. The van der Waals surface area contributed by atoms with Crippen molar-refractivity contribution in [2.75, 3.05) is 32.8 Å². The van der Waals surface area contributed by atoms with Gasteiger partial charge in [0, 0.05) is 45.9 Å². The number of ether oxygens (including phenoxy) is 1. The fourth-order valence-electron chi connectivity index (χ4n) is 4.83. The van der Waals surface area contributed by atoms with E-state index in [2.05, 4.69) is 9.97 Å². The number of nitrogens with two attached hydrogens (primary N) is 1. The van der Waals surface area contributed by atoms with Crippen molar-refractivity contribution in [1.82, 2.24) is 19.8 Å². The molecule has 1 aromatic rings. The van der Waals surface area contributed by atoms with Gasteiger partial charge in [0.25, 0.3) is 11.9 Å². The molecule has 1 aromatic heterocycles. The Morgan fingerprint density at radius 1 is 1.32 bits per heavy atom. The van der Waals surface area contributed by atoms with Gasteiger partial charge in [-0.25, -0.2) is 4.98 Å². The van der Waals surface area contributed by atoms with Crippen LogP contribution in [0.2, 0.25) is 0 Å². The van der Waals surface area contributed by atoms with Gasteiger partial charge >= 0.3 is 0 Å². The number of aliphatic carboxylic acids is 2. The van der Waals surface area contributed by atoms with Crippen LogP contribution in [0.15, 0.2) is 12.4 Å². The molecular weight excluding hydrogens is 450 g/mol. The van der Waals surface area contributed by atoms with E-state index in [0.717, 1.165) is 26.7 Å². The van der Waals surface area contributed by atoms with Crippen molar-refractivity contribution in [3.63, 3.8) is 0 Å². The van der Waals surface area contributed by atoms with Gasteiger partial charge in [-0.05, 0) is 12.8 Å². The number of nitrogens with one attached hydrogen (secondary N) is 1. The summed E-state index contributed by atoms with van der Waals surface area (Å²) in [7, 11) is 0. The van der Waals surface area contributed by atoms with Gasteiger partial charge in [-0.3, -0.25) is 19.2 Å². The second kappa shape index (κ2) is 11.9. The molecule has 190 valence electrons. The normalized spacial score (nSPS) is 26.2. The Labute approximate surface area is 196 Å². The number of imidazole rings is 1. The smallest absolute Gasteiger partial charge is 0.300 e. The average molecular weight is 484 g/mol. The van der Waals surface area contributed by atoms with Gasteiger partial charge < -0.3 is 40.6 Å². The van der Waals surface area contributed by atoms with E-state index in [1.807, 2.05) is 0 Å². The lowest BCUT2D eigenvalue weighted by Gasteiger charge is -2.31. The van der Waals surface area contributed by atoms with Gasteiger partial charge in [-0.1, -0.05) is 0 Å². The van der Waals surface area contributed by atoms with Gasteiger partial charge in [-0.15, -0.1) is 0 Å². The van der Waals surface area contributed by atoms with Crippen LogP contribution in [-0.2, 0) is 30.5 Å². The number of hydrogen-bond donors (Lipinski definition) is 5. The number of rotatable bonds is 7. The number of likely N-dealkylation sites (tertiary alicyclic amines) is 1. The number of nitrogens with zero attached hydrogens (tertiary/aromatic N) is 3. The predicted molar refractivity (Wildman–Crippen MR) is 117 cm³/mol. The fourth-order valence-corrected chi connectivity index (χ4v) is 4.83. The number of carboxylic acids is 2. The van der Waals surface area contributed by atoms with Crippen LogP contribution in [0.25, 0.3) is 0 Å². The summed E-state index contributed by atoms with van der Waals surface area (Å²) in [6.45, 7) is 3.89. The standard InChI is InChI=1S/C17H25N5O4.2C2H4O2/c18-3-6-22-10-17-2-1-11(26-17)13(14(17)16(22)25)15(24)21(7-8-23)9-12-19-4-5-20-12;2*1-2(3)4/h4-5,11,13-14,23H,1-3,6-10,18H2,(H,19,20);2*1H3,(H,3,4)/t11-,13-,14+,17-;;/m0../s1. The van der Waals surface area contributed by atoms with E-state index in [1.54, 1.807) is 22.2 Å². The highest BCUT2D eigenvalue weighted by Gasteiger charge is 2.69. The number of aliphatic hydroxyl groups excluding tert-OH is 1. The molecule has 13 nitrogen and oxygen atoms in total. The third kappa shape index (κ3) is 6.30. The van der Waals surface area contributed by atoms with E-state index in [4.69, 9.17) is 30.3 Å². The summed E-state index contributed by atoms with van der Waals surface area (Å²) in [5.41, 5.74) is 5.08. The lowest BCUT2D eigenvalue weighted by Crippen LogP contribution is -2.48. The van der Waals surface area contributed by atoms with Crippen molar-refractivity contribution in [3.05, 3.63) is 18.2 Å². The van der Waals surface area contributed by atoms with Crippen molar-refractivity contribution < 1.29 is 39.2 Å². The molecular formula is C21H33N5O8. The lowest BCUT2D eigenvalue weighted by atomic mass is 9.72. The quantitative estimate of drug-likeness (QED) is 0.316. The molecule has 6 N–H and O–H groups in total. The molecule has 0 unspecified atom stereocenters. The number of hydrogen-bond acceptors (Lipinski definition) is 8. The molecule has 4 heterocycles. The first kappa shape index (κ1) is 27.2. The van der Waals surface area contributed by atoms with Crippen molar-refractivity contribution in [2.24, 2.45) is 17.6 Å². The average Bonchev–Trinajstić information content (AvgIpc) is 3.50. The summed E-state index contributed by atoms with van der Waals surface area (Å²) in [4.78, 5) is 54.7. The fraction of sp³-hybridized carbons (Fsp3) is 0.667. The highest BCUT2D eigenvalue weighted by Crippen LogP contribution is 2.55. The number of carbonyl (C=O) groups excluding carboxylic acids is 2. The van der Waals surface area contributed by atoms with Crippen LogP contribution < -0.4 is 5.73 Å². The second-order valence-electron chi connectivity index (χ2n) is 8.37. The van der Waals surface area contributed by atoms with E-state index in [9.17, 15) is 14.7 Å². The van der Waals surface area contributed by atoms with Gasteiger partial charge in [0.2, 0.25) is 11.8 Å². The molecule has 2 amide bonds. The molecule has 4 rings (SSSR count). The summed E-state index contributed by atoms with van der Waals surface area (Å²) >= 11 is 0. The Balaban J connectivity index is 0.000000446. The Bertz CT molecular complexity index is 843. The lowest BCUT2D eigenvalue weighted by molar-refractivity contribution is -0.145. The molecule has 0 saturated carbocycles. The maximum Gasteiger partial charge on any atom is 0.300 e. The zero-order chi connectivity index (χ0) is 25.5. The molecule has 3 fully saturated rings. The molecule has 4 atom stereocenters. The van der Waals surface area contributed by atoms with Crippen molar-refractivity contribution in [3.8, 4) is 0 Å². The Hall–Kier alpha value is -3.03. The monoisotopic (exact) mass is 483 g/mol. The van der Waals surface area contributed by atoms with Crippen LogP contribution >= 0.6 is 0 Å². The van der Waals surface area contributed by atoms with Gasteiger partial charge in [0.15, 0.2) is 0 Å². The van der Waals surface area contributed by atoms with E-state index >= 15 is 0 Å². The summed E-state index contributed by atoms with van der Waals surface area (Å²) < 4.78 is 6.19. The molecule has 34 heavy (non-hydrogen) atoms. The van der Waals surface area contributed by atoms with Gasteiger partial charge in [0.1, 0.15) is 5.82 Å². The molecule has 3 aliphatic rings. The van der Waals surface area contributed by atoms with Gasteiger partial charge in [0.05, 0.1) is 43.2 Å². The van der Waals surface area contributed by atoms with Crippen LogP contribution in [0.1, 0.15) is 32.5 Å². The zero-order valence-corrected chi connectivity index (χ0v) is 19.3. The molecule has 2 bridgehead atoms. The number of aliphatic hydroxyl groups is 1. The molecule has 3 saturated heterocycles. The highest BCUT2D eigenvalue weighted by molar-refractivity contribution is 5.92. The summed E-state index contributed by atoms with van der Waals surface area (Å²) in [6.07, 6.45) is 4.67. The van der Waals surface area contributed by atoms with Crippen LogP contribution in [0.5, 0.6) is 0 Å². The van der Waals surface area contributed by atoms with Crippen LogP contribution in [0.4, 0.5) is 0 Å². The zero-order valence-electron chi connectivity index (χ0n) is 19.3. The van der Waals surface area contributed by atoms with Gasteiger partial charge in [-0.2, -0.15) is 0 Å². The largest absolute Gasteiger partial charge is 0.481 e. The van der Waals surface area contributed by atoms with Crippen LogP contribution in [-0.4, -0.2) is 103 Å². The number of aromatic nitrogens is 2. The second-order valence-corrected chi connectivity index (χ2v) is 8.37. The SMILES string of the molecule is CC(=O)O.CC(=O)O.NCCN1C[C@]23CC[C@H](O2)[C@H](C(=O)N(CCO)Cc2ncc[nH]2)[C@@H]3C1=O. The van der Waals surface area contributed by atoms with E-state index < -0.39 is 29.4 Å². The first-order chi connectivity index (χ1) is 16.1. The minimum Gasteiger partial charge on any atom is -0.481 e. The van der Waals surface area contributed by atoms with Crippen molar-refractivity contribution in [1.29, 1.82) is 0 Å². The summed E-state index contributed by atoms with van der Waals surface area (Å²) in [5.74, 6) is -2.14. The number of aromatic amines is 1. The first-order valence-corrected chi connectivity index (χ1v) is 11.0.